The molecule has 2 N–H and O–H groups in total. The molecule has 7 heteroatoms. The summed E-state index contributed by atoms with van der Waals surface area (Å²) in [7, 11) is 0. The molecular formula is C10H10F3N3O. The first-order chi connectivity index (χ1) is 7.88. The van der Waals surface area contributed by atoms with E-state index in [1.165, 1.54) is 0 Å². The summed E-state index contributed by atoms with van der Waals surface area (Å²) in [6.45, 7) is 1.28. The summed E-state index contributed by atoms with van der Waals surface area (Å²) in [5.74, 6) is -0.177. The summed E-state index contributed by atoms with van der Waals surface area (Å²) in [5, 5.41) is 20.1. The number of anilines is 1. The van der Waals surface area contributed by atoms with Crippen molar-refractivity contribution in [2.75, 3.05) is 11.9 Å². The molecule has 0 unspecified atom stereocenters. The van der Waals surface area contributed by atoms with E-state index in [0.717, 1.165) is 12.1 Å². The van der Waals surface area contributed by atoms with Gasteiger partial charge >= 0.3 is 6.18 Å². The first kappa shape index (κ1) is 13.3. The third-order valence-corrected chi connectivity index (χ3v) is 1.96. The van der Waals surface area contributed by atoms with E-state index in [9.17, 15) is 13.2 Å². The Morgan fingerprint density at radius 3 is 2.65 bits per heavy atom. The Labute approximate surface area is 95.7 Å². The maximum absolute atomic E-state index is 12.4. The number of rotatable bonds is 3. The fourth-order valence-electron chi connectivity index (χ4n) is 1.10. The van der Waals surface area contributed by atoms with Gasteiger partial charge in [-0.15, -0.1) is 0 Å². The van der Waals surface area contributed by atoms with Gasteiger partial charge in [0.15, 0.2) is 0 Å². The predicted octanol–water partition coefficient (Wildman–Crippen LogP) is 1.76. The van der Waals surface area contributed by atoms with Gasteiger partial charge in [0, 0.05) is 6.04 Å². The normalized spacial score (nSPS) is 12.9. The van der Waals surface area contributed by atoms with E-state index in [-0.39, 0.29) is 18.0 Å². The molecule has 4 nitrogen and oxygen atoms in total. The third kappa shape index (κ3) is 3.32. The first-order valence-electron chi connectivity index (χ1n) is 4.74. The number of alkyl halides is 3. The molecule has 0 fully saturated rings. The molecule has 1 atom stereocenters. The van der Waals surface area contributed by atoms with Crippen molar-refractivity contribution < 1.29 is 18.3 Å². The monoisotopic (exact) mass is 245 g/mol. The van der Waals surface area contributed by atoms with Crippen molar-refractivity contribution in [2.45, 2.75) is 19.1 Å². The van der Waals surface area contributed by atoms with Crippen LogP contribution in [0.1, 0.15) is 18.2 Å². The van der Waals surface area contributed by atoms with Gasteiger partial charge < -0.3 is 10.4 Å². The predicted molar refractivity (Wildman–Crippen MR) is 54.1 cm³/mol. The zero-order chi connectivity index (χ0) is 13.1. The first-order valence-corrected chi connectivity index (χ1v) is 4.74. The number of pyridine rings is 1. The minimum Gasteiger partial charge on any atom is -0.394 e. The molecule has 0 aliphatic rings. The molecule has 1 rings (SSSR count). The van der Waals surface area contributed by atoms with E-state index in [1.54, 1.807) is 13.0 Å². The zero-order valence-corrected chi connectivity index (χ0v) is 8.91. The number of aromatic nitrogens is 1. The number of nitrogens with one attached hydrogen (secondary N) is 1. The summed E-state index contributed by atoms with van der Waals surface area (Å²) in [6, 6.07) is 3.03. The fraction of sp³-hybridized carbons (Fsp3) is 0.400. The highest BCUT2D eigenvalue weighted by Crippen LogP contribution is 2.29. The third-order valence-electron chi connectivity index (χ3n) is 1.96. The summed E-state index contributed by atoms with van der Waals surface area (Å²) in [4.78, 5) is 3.33. The maximum Gasteiger partial charge on any atom is 0.433 e. The molecule has 0 aliphatic carbocycles. The number of halogens is 3. The van der Waals surface area contributed by atoms with E-state index in [1.807, 2.05) is 0 Å². The molecule has 1 heterocycles. The van der Waals surface area contributed by atoms with Crippen molar-refractivity contribution in [3.05, 3.63) is 23.4 Å². The quantitative estimate of drug-likeness (QED) is 0.851. The lowest BCUT2D eigenvalue weighted by molar-refractivity contribution is -0.141. The van der Waals surface area contributed by atoms with E-state index < -0.39 is 17.9 Å². The van der Waals surface area contributed by atoms with Gasteiger partial charge in [0.2, 0.25) is 0 Å². The van der Waals surface area contributed by atoms with Gasteiger partial charge in [0.25, 0.3) is 0 Å². The topological polar surface area (TPSA) is 68.9 Å². The highest BCUT2D eigenvalue weighted by atomic mass is 19.4. The van der Waals surface area contributed by atoms with Gasteiger partial charge in [-0.3, -0.25) is 0 Å². The Morgan fingerprint density at radius 1 is 1.53 bits per heavy atom. The van der Waals surface area contributed by atoms with Crippen molar-refractivity contribution in [1.29, 1.82) is 5.26 Å². The molecule has 0 aliphatic heterocycles. The van der Waals surface area contributed by atoms with Crippen molar-refractivity contribution in [2.24, 2.45) is 0 Å². The second-order valence-electron chi connectivity index (χ2n) is 3.43. The maximum atomic E-state index is 12.4. The second-order valence-corrected chi connectivity index (χ2v) is 3.43. The lowest BCUT2D eigenvalue weighted by Gasteiger charge is -2.14. The number of aliphatic hydroxyl groups is 1. The Balaban J connectivity index is 3.12. The smallest absolute Gasteiger partial charge is 0.394 e. The van der Waals surface area contributed by atoms with E-state index in [2.05, 4.69) is 10.3 Å². The van der Waals surface area contributed by atoms with Crippen LogP contribution in [0, 0.1) is 11.3 Å². The van der Waals surface area contributed by atoms with Crippen LogP contribution in [0.15, 0.2) is 12.1 Å². The lowest BCUT2D eigenvalue weighted by Crippen LogP contribution is -2.22. The molecule has 17 heavy (non-hydrogen) atoms. The van der Waals surface area contributed by atoms with Crippen LogP contribution >= 0.6 is 0 Å². The molecule has 0 saturated carbocycles. The second kappa shape index (κ2) is 5.01. The van der Waals surface area contributed by atoms with E-state index in [0.29, 0.717) is 0 Å². The number of hydrogen-bond acceptors (Lipinski definition) is 4. The van der Waals surface area contributed by atoms with Gasteiger partial charge in [0.1, 0.15) is 17.6 Å². The Morgan fingerprint density at radius 2 is 2.18 bits per heavy atom. The molecule has 0 radical (unpaired) electrons. The summed E-state index contributed by atoms with van der Waals surface area (Å²) >= 11 is 0. The Kier molecular flexibility index (Phi) is 3.91. The number of nitrogens with zero attached hydrogens (tertiary/aromatic N) is 2. The largest absolute Gasteiger partial charge is 0.433 e. The van der Waals surface area contributed by atoms with Gasteiger partial charge in [-0.25, -0.2) is 4.98 Å². The van der Waals surface area contributed by atoms with Crippen LogP contribution in [0.25, 0.3) is 0 Å². The highest BCUT2D eigenvalue weighted by Gasteiger charge is 2.33. The van der Waals surface area contributed by atoms with Crippen LogP contribution in [0.2, 0.25) is 0 Å². The SMILES string of the molecule is C[C@@H](CO)Nc1nc(C(F)(F)F)ccc1C#N. The van der Waals surface area contributed by atoms with Crippen molar-refractivity contribution in [1.82, 2.24) is 4.98 Å². The Hall–Kier alpha value is -1.81. The summed E-state index contributed by atoms with van der Waals surface area (Å²) in [6.07, 6.45) is -4.56. The van der Waals surface area contributed by atoms with Crippen LogP contribution in [0.3, 0.4) is 0 Å². The minimum atomic E-state index is -4.56. The number of hydrogen-bond donors (Lipinski definition) is 2. The standard InChI is InChI=1S/C10H10F3N3O/c1-6(5-17)15-9-7(4-14)2-3-8(16-9)10(11,12)13/h2-3,6,17H,5H2,1H3,(H,15,16)/t6-/m0/s1. The summed E-state index contributed by atoms with van der Waals surface area (Å²) < 4.78 is 37.2. The minimum absolute atomic E-state index is 0.00157. The highest BCUT2D eigenvalue weighted by molar-refractivity contribution is 5.53. The molecule has 0 amide bonds. The summed E-state index contributed by atoms with van der Waals surface area (Å²) in [5.41, 5.74) is -1.08. The fourth-order valence-corrected chi connectivity index (χ4v) is 1.10. The van der Waals surface area contributed by atoms with Crippen molar-refractivity contribution in [3.63, 3.8) is 0 Å². The van der Waals surface area contributed by atoms with Gasteiger partial charge in [-0.1, -0.05) is 0 Å². The van der Waals surface area contributed by atoms with Gasteiger partial charge in [-0.2, -0.15) is 18.4 Å². The number of aliphatic hydroxyl groups excluding tert-OH is 1. The Bertz CT molecular complexity index is 439. The van der Waals surface area contributed by atoms with Crippen LogP contribution in [0.5, 0.6) is 0 Å². The van der Waals surface area contributed by atoms with Crippen LogP contribution in [-0.2, 0) is 6.18 Å². The van der Waals surface area contributed by atoms with Gasteiger partial charge in [-0.05, 0) is 19.1 Å². The molecule has 1 aromatic heterocycles. The molecule has 0 bridgehead atoms. The molecule has 92 valence electrons. The van der Waals surface area contributed by atoms with Crippen molar-refractivity contribution in [3.8, 4) is 6.07 Å². The molecule has 0 aromatic carbocycles. The van der Waals surface area contributed by atoms with Crippen LogP contribution in [-0.4, -0.2) is 22.7 Å². The van der Waals surface area contributed by atoms with Gasteiger partial charge in [0.05, 0.1) is 12.2 Å². The molecule has 1 aromatic rings. The van der Waals surface area contributed by atoms with E-state index in [4.69, 9.17) is 10.4 Å². The zero-order valence-electron chi connectivity index (χ0n) is 8.91. The lowest BCUT2D eigenvalue weighted by atomic mass is 10.2. The average Bonchev–Trinajstić information content (AvgIpc) is 2.27. The number of nitriles is 1. The molecule has 0 saturated heterocycles. The van der Waals surface area contributed by atoms with E-state index >= 15 is 0 Å². The average molecular weight is 245 g/mol. The van der Waals surface area contributed by atoms with Crippen molar-refractivity contribution >= 4 is 5.82 Å². The van der Waals surface area contributed by atoms with Crippen LogP contribution in [0.4, 0.5) is 19.0 Å². The molecule has 0 spiro atoms. The molecular weight excluding hydrogens is 235 g/mol. The van der Waals surface area contributed by atoms with Crippen LogP contribution < -0.4 is 5.32 Å².